The van der Waals surface area contributed by atoms with Crippen molar-refractivity contribution >= 4 is 54.5 Å². The summed E-state index contributed by atoms with van der Waals surface area (Å²) < 4.78 is 0. The number of nitrogen functional groups attached to an aromatic ring is 2. The summed E-state index contributed by atoms with van der Waals surface area (Å²) in [4.78, 5) is 0. The van der Waals surface area contributed by atoms with Gasteiger partial charge in [0.25, 0.3) is 0 Å². The van der Waals surface area contributed by atoms with Gasteiger partial charge in [-0.15, -0.1) is 0 Å². The molecule has 5 rings (SSSR count). The molecule has 0 atom stereocenters. The van der Waals surface area contributed by atoms with Gasteiger partial charge in [0.2, 0.25) is 0 Å². The van der Waals surface area contributed by atoms with Gasteiger partial charge in [-0.1, -0.05) is 42.5 Å². The van der Waals surface area contributed by atoms with Crippen LogP contribution in [0.1, 0.15) is 0 Å². The van der Waals surface area contributed by atoms with Crippen molar-refractivity contribution in [3.63, 3.8) is 0 Å². The fraction of sp³-hybridized carbons (Fsp3) is 0. The molecule has 4 N–H and O–H groups in total. The van der Waals surface area contributed by atoms with Gasteiger partial charge in [0.05, 0.1) is 0 Å². The average molecular weight is 282 g/mol. The molecular weight excluding hydrogens is 268 g/mol. The highest BCUT2D eigenvalue weighted by Crippen LogP contribution is 2.42. The van der Waals surface area contributed by atoms with Crippen LogP contribution in [0.2, 0.25) is 0 Å². The maximum absolute atomic E-state index is 6.34. The Morgan fingerprint density at radius 3 is 2.14 bits per heavy atom. The van der Waals surface area contributed by atoms with Crippen molar-refractivity contribution in [1.29, 1.82) is 0 Å². The second-order valence-electron chi connectivity index (χ2n) is 5.91. The van der Waals surface area contributed by atoms with E-state index in [4.69, 9.17) is 11.5 Å². The minimum absolute atomic E-state index is 0.787. The quantitative estimate of drug-likeness (QED) is 0.241. The lowest BCUT2D eigenvalue weighted by Crippen LogP contribution is -1.93. The number of hydrogen-bond acceptors (Lipinski definition) is 2. The number of nitrogens with two attached hydrogens (primary N) is 2. The normalized spacial score (nSPS) is 12.0. The lowest BCUT2D eigenvalue weighted by Gasteiger charge is -2.16. The third-order valence-electron chi connectivity index (χ3n) is 4.64. The van der Waals surface area contributed by atoms with Crippen molar-refractivity contribution in [1.82, 2.24) is 0 Å². The van der Waals surface area contributed by atoms with E-state index in [1.807, 2.05) is 12.1 Å². The molecule has 0 saturated heterocycles. The first-order valence-electron chi connectivity index (χ1n) is 7.38. The lowest BCUT2D eigenvalue weighted by atomic mass is 9.89. The van der Waals surface area contributed by atoms with Gasteiger partial charge in [-0.05, 0) is 55.9 Å². The van der Waals surface area contributed by atoms with Crippen LogP contribution < -0.4 is 11.5 Å². The smallest absolute Gasteiger partial charge is 0.0400 e. The molecule has 5 aromatic rings. The van der Waals surface area contributed by atoms with Gasteiger partial charge in [0.1, 0.15) is 0 Å². The number of hydrogen-bond donors (Lipinski definition) is 2. The zero-order valence-electron chi connectivity index (χ0n) is 11.9. The van der Waals surface area contributed by atoms with Gasteiger partial charge in [0, 0.05) is 16.8 Å². The summed E-state index contributed by atoms with van der Waals surface area (Å²) in [5.41, 5.74) is 14.1. The summed E-state index contributed by atoms with van der Waals surface area (Å²) in [6.45, 7) is 0. The van der Waals surface area contributed by atoms with Gasteiger partial charge in [-0.25, -0.2) is 0 Å². The number of rotatable bonds is 0. The highest BCUT2D eigenvalue weighted by atomic mass is 14.6. The van der Waals surface area contributed by atoms with Crippen molar-refractivity contribution in [3.8, 4) is 0 Å². The van der Waals surface area contributed by atoms with Gasteiger partial charge < -0.3 is 11.5 Å². The average Bonchev–Trinajstić information content (AvgIpc) is 2.53. The van der Waals surface area contributed by atoms with Crippen LogP contribution in [0.15, 0.2) is 60.7 Å². The van der Waals surface area contributed by atoms with Crippen molar-refractivity contribution in [2.24, 2.45) is 0 Å². The molecule has 0 radical (unpaired) electrons. The Kier molecular flexibility index (Phi) is 2.01. The van der Waals surface area contributed by atoms with Gasteiger partial charge >= 0.3 is 0 Å². The van der Waals surface area contributed by atoms with E-state index in [1.54, 1.807) is 0 Å². The molecule has 104 valence electrons. The van der Waals surface area contributed by atoms with Gasteiger partial charge in [0.15, 0.2) is 0 Å². The zero-order valence-corrected chi connectivity index (χ0v) is 11.9. The minimum Gasteiger partial charge on any atom is -0.399 e. The van der Waals surface area contributed by atoms with Crippen molar-refractivity contribution in [2.45, 2.75) is 0 Å². The van der Waals surface area contributed by atoms with Crippen LogP contribution in [0, 0.1) is 0 Å². The Morgan fingerprint density at radius 1 is 0.545 bits per heavy atom. The summed E-state index contributed by atoms with van der Waals surface area (Å²) >= 11 is 0. The Hall–Kier alpha value is -3.00. The van der Waals surface area contributed by atoms with Crippen molar-refractivity contribution in [2.75, 3.05) is 11.5 Å². The maximum atomic E-state index is 6.34. The standard InChI is InChI=1S/C20H14N2/c21-13-9-12-7-8-17(22)20-15-6-2-4-11-3-1-5-14(18(11)15)16(10-13)19(12)20/h1-10H,21-22H2. The Morgan fingerprint density at radius 2 is 1.32 bits per heavy atom. The maximum Gasteiger partial charge on any atom is 0.0400 e. The second-order valence-corrected chi connectivity index (χ2v) is 5.91. The fourth-order valence-corrected chi connectivity index (χ4v) is 3.78. The summed E-state index contributed by atoms with van der Waals surface area (Å²) in [6.07, 6.45) is 0. The Balaban J connectivity index is 2.31. The number of anilines is 2. The molecule has 0 heterocycles. The van der Waals surface area contributed by atoms with E-state index in [9.17, 15) is 0 Å². The van der Waals surface area contributed by atoms with Crippen LogP contribution in [0.5, 0.6) is 0 Å². The molecule has 2 heteroatoms. The summed E-state index contributed by atoms with van der Waals surface area (Å²) in [6, 6.07) is 21.0. The van der Waals surface area contributed by atoms with Crippen LogP contribution in [-0.2, 0) is 0 Å². The molecule has 0 aromatic heterocycles. The van der Waals surface area contributed by atoms with E-state index in [0.29, 0.717) is 0 Å². The van der Waals surface area contributed by atoms with Crippen LogP contribution in [0.4, 0.5) is 11.4 Å². The van der Waals surface area contributed by atoms with Crippen LogP contribution in [-0.4, -0.2) is 0 Å². The summed E-state index contributed by atoms with van der Waals surface area (Å²) in [5.74, 6) is 0. The predicted octanol–water partition coefficient (Wildman–Crippen LogP) is 4.90. The Bertz CT molecular complexity index is 1180. The highest BCUT2D eigenvalue weighted by Gasteiger charge is 2.14. The first-order chi connectivity index (χ1) is 10.7. The zero-order chi connectivity index (χ0) is 14.8. The minimum atomic E-state index is 0.787. The summed E-state index contributed by atoms with van der Waals surface area (Å²) in [7, 11) is 0. The van der Waals surface area contributed by atoms with E-state index in [-0.39, 0.29) is 0 Å². The van der Waals surface area contributed by atoms with Crippen LogP contribution in [0.25, 0.3) is 43.1 Å². The number of benzene rings is 5. The molecule has 0 bridgehead atoms. The third kappa shape index (κ3) is 1.29. The van der Waals surface area contributed by atoms with Crippen molar-refractivity contribution in [3.05, 3.63) is 60.7 Å². The molecule has 0 aliphatic heterocycles. The molecule has 22 heavy (non-hydrogen) atoms. The molecule has 0 amide bonds. The summed E-state index contributed by atoms with van der Waals surface area (Å²) in [5, 5.41) is 9.63. The lowest BCUT2D eigenvalue weighted by molar-refractivity contribution is 1.75. The van der Waals surface area contributed by atoms with Crippen molar-refractivity contribution < 1.29 is 0 Å². The first kappa shape index (κ1) is 11.6. The van der Waals surface area contributed by atoms with E-state index in [1.165, 1.54) is 32.3 Å². The highest BCUT2D eigenvalue weighted by molar-refractivity contribution is 6.35. The molecular formula is C20H14N2. The molecule has 0 aliphatic rings. The third-order valence-corrected chi connectivity index (χ3v) is 4.64. The largest absolute Gasteiger partial charge is 0.399 e. The molecule has 0 spiro atoms. The molecule has 0 aliphatic carbocycles. The van der Waals surface area contributed by atoms with Gasteiger partial charge in [-0.2, -0.15) is 0 Å². The predicted molar refractivity (Wildman–Crippen MR) is 96.5 cm³/mol. The number of fused-ring (bicyclic) bond motifs is 2. The molecule has 5 aromatic carbocycles. The SMILES string of the molecule is Nc1cc2ccc(N)c3c4cccc5cccc(c(c1)c23)c54. The second kappa shape index (κ2) is 3.80. The van der Waals surface area contributed by atoms with E-state index >= 15 is 0 Å². The topological polar surface area (TPSA) is 52.0 Å². The fourth-order valence-electron chi connectivity index (χ4n) is 3.78. The first-order valence-corrected chi connectivity index (χ1v) is 7.38. The van der Waals surface area contributed by atoms with E-state index in [0.717, 1.165) is 22.1 Å². The molecule has 0 unspecified atom stereocenters. The van der Waals surface area contributed by atoms with Crippen LogP contribution >= 0.6 is 0 Å². The monoisotopic (exact) mass is 282 g/mol. The van der Waals surface area contributed by atoms with E-state index < -0.39 is 0 Å². The Labute approximate surface area is 127 Å². The molecule has 0 fully saturated rings. The van der Waals surface area contributed by atoms with Gasteiger partial charge in [-0.3, -0.25) is 0 Å². The van der Waals surface area contributed by atoms with Crippen LogP contribution in [0.3, 0.4) is 0 Å². The van der Waals surface area contributed by atoms with E-state index in [2.05, 4.69) is 48.5 Å². The molecule has 0 saturated carbocycles. The molecule has 2 nitrogen and oxygen atoms in total.